The maximum absolute atomic E-state index is 5.81. The molecule has 72 valence electrons. The molecule has 0 saturated heterocycles. The van der Waals surface area contributed by atoms with E-state index in [0.29, 0.717) is 0 Å². The minimum absolute atomic E-state index is 0.754. The molecule has 0 fully saturated rings. The Bertz CT molecular complexity index is 417. The van der Waals surface area contributed by atoms with Crippen molar-refractivity contribution in [3.8, 4) is 5.69 Å². The van der Waals surface area contributed by atoms with Crippen LogP contribution in [-0.4, -0.2) is 9.55 Å². The van der Waals surface area contributed by atoms with Crippen LogP contribution in [0.5, 0.6) is 0 Å². The summed E-state index contributed by atoms with van der Waals surface area (Å²) >= 11 is 5.81. The lowest BCUT2D eigenvalue weighted by Gasteiger charge is -2.00. The van der Waals surface area contributed by atoms with E-state index in [0.717, 1.165) is 22.8 Å². The molecule has 2 nitrogen and oxygen atoms in total. The Hall–Kier alpha value is -1.28. The molecule has 14 heavy (non-hydrogen) atoms. The lowest BCUT2D eigenvalue weighted by atomic mass is 10.3. The average molecular weight is 207 g/mol. The normalized spacial score (nSPS) is 10.4. The van der Waals surface area contributed by atoms with Crippen LogP contribution >= 0.6 is 11.6 Å². The van der Waals surface area contributed by atoms with Gasteiger partial charge in [0, 0.05) is 16.9 Å². The van der Waals surface area contributed by atoms with Gasteiger partial charge in [0.1, 0.15) is 0 Å². The summed E-state index contributed by atoms with van der Waals surface area (Å²) in [6.45, 7) is 2.09. The summed E-state index contributed by atoms with van der Waals surface area (Å²) in [5.74, 6) is 0. The molecule has 0 saturated carbocycles. The highest BCUT2D eigenvalue weighted by Crippen LogP contribution is 2.13. The van der Waals surface area contributed by atoms with Gasteiger partial charge in [-0.2, -0.15) is 0 Å². The quantitative estimate of drug-likeness (QED) is 0.739. The number of imidazole rings is 1. The van der Waals surface area contributed by atoms with E-state index < -0.39 is 0 Å². The van der Waals surface area contributed by atoms with Gasteiger partial charge in [-0.3, -0.25) is 0 Å². The number of rotatable bonds is 2. The molecule has 0 radical (unpaired) electrons. The lowest BCUT2D eigenvalue weighted by Crippen LogP contribution is -1.88. The van der Waals surface area contributed by atoms with Crippen molar-refractivity contribution in [1.29, 1.82) is 0 Å². The first-order valence-corrected chi connectivity index (χ1v) is 4.96. The molecular weight excluding hydrogens is 196 g/mol. The van der Waals surface area contributed by atoms with Gasteiger partial charge in [0.05, 0.1) is 12.0 Å². The third-order valence-electron chi connectivity index (χ3n) is 2.12. The lowest BCUT2D eigenvalue weighted by molar-refractivity contribution is 1.05. The van der Waals surface area contributed by atoms with Gasteiger partial charge in [-0.1, -0.05) is 18.5 Å². The highest BCUT2D eigenvalue weighted by Gasteiger charge is 1.98. The van der Waals surface area contributed by atoms with Gasteiger partial charge in [-0.05, 0) is 30.7 Å². The summed E-state index contributed by atoms with van der Waals surface area (Å²) in [6, 6.07) is 7.71. The van der Waals surface area contributed by atoms with Crippen molar-refractivity contribution in [1.82, 2.24) is 9.55 Å². The molecule has 0 N–H and O–H groups in total. The van der Waals surface area contributed by atoms with Crippen molar-refractivity contribution in [3.05, 3.63) is 47.5 Å². The van der Waals surface area contributed by atoms with Crippen molar-refractivity contribution in [2.24, 2.45) is 0 Å². The first kappa shape index (κ1) is 9.28. The summed E-state index contributed by atoms with van der Waals surface area (Å²) in [4.78, 5) is 4.26. The zero-order chi connectivity index (χ0) is 9.97. The van der Waals surface area contributed by atoms with Crippen LogP contribution < -0.4 is 0 Å². The molecule has 1 aromatic heterocycles. The topological polar surface area (TPSA) is 17.8 Å². The van der Waals surface area contributed by atoms with Crippen molar-refractivity contribution < 1.29 is 0 Å². The molecule has 0 atom stereocenters. The molecule has 1 aromatic carbocycles. The fraction of sp³-hybridized carbons (Fsp3) is 0.182. The summed E-state index contributed by atoms with van der Waals surface area (Å²) in [5, 5.41) is 0.754. The van der Waals surface area contributed by atoms with Crippen LogP contribution in [0.1, 0.15) is 12.6 Å². The minimum Gasteiger partial charge on any atom is -0.306 e. The molecule has 0 amide bonds. The van der Waals surface area contributed by atoms with Gasteiger partial charge in [0.15, 0.2) is 0 Å². The smallest absolute Gasteiger partial charge is 0.0995 e. The van der Waals surface area contributed by atoms with E-state index >= 15 is 0 Å². The fourth-order valence-corrected chi connectivity index (χ4v) is 1.43. The van der Waals surface area contributed by atoms with Crippen molar-refractivity contribution >= 4 is 11.6 Å². The molecule has 0 unspecified atom stereocenters. The zero-order valence-electron chi connectivity index (χ0n) is 7.94. The van der Waals surface area contributed by atoms with Gasteiger partial charge < -0.3 is 4.57 Å². The van der Waals surface area contributed by atoms with E-state index in [4.69, 9.17) is 11.6 Å². The summed E-state index contributed by atoms with van der Waals surface area (Å²) in [7, 11) is 0. The Kier molecular flexibility index (Phi) is 2.55. The van der Waals surface area contributed by atoms with E-state index in [1.54, 1.807) is 0 Å². The van der Waals surface area contributed by atoms with Crippen molar-refractivity contribution in [2.75, 3.05) is 0 Å². The Labute approximate surface area is 88.2 Å². The summed E-state index contributed by atoms with van der Waals surface area (Å²) < 4.78 is 2.00. The fourth-order valence-electron chi connectivity index (χ4n) is 1.30. The van der Waals surface area contributed by atoms with E-state index in [1.807, 2.05) is 41.4 Å². The van der Waals surface area contributed by atoms with E-state index in [9.17, 15) is 0 Å². The molecule has 0 aliphatic rings. The number of aromatic nitrogens is 2. The molecule has 2 rings (SSSR count). The van der Waals surface area contributed by atoms with Gasteiger partial charge in [-0.15, -0.1) is 0 Å². The molecule has 3 heteroatoms. The SMILES string of the molecule is CCc1cn(-c2ccc(Cl)cc2)cn1. The van der Waals surface area contributed by atoms with Crippen LogP contribution in [0.3, 0.4) is 0 Å². The van der Waals surface area contributed by atoms with E-state index in [-0.39, 0.29) is 0 Å². The molecular formula is C11H11ClN2. The highest BCUT2D eigenvalue weighted by atomic mass is 35.5. The Morgan fingerprint density at radius 1 is 1.29 bits per heavy atom. The number of nitrogens with zero attached hydrogens (tertiary/aromatic N) is 2. The molecule has 0 aliphatic carbocycles. The van der Waals surface area contributed by atoms with Crippen LogP contribution in [0.4, 0.5) is 0 Å². The Balaban J connectivity index is 2.34. The largest absolute Gasteiger partial charge is 0.306 e. The predicted molar refractivity (Wildman–Crippen MR) is 58.0 cm³/mol. The molecule has 0 aliphatic heterocycles. The predicted octanol–water partition coefficient (Wildman–Crippen LogP) is 3.09. The monoisotopic (exact) mass is 206 g/mol. The Morgan fingerprint density at radius 2 is 2.00 bits per heavy atom. The molecule has 0 spiro atoms. The van der Waals surface area contributed by atoms with Crippen LogP contribution in [0.15, 0.2) is 36.8 Å². The van der Waals surface area contributed by atoms with Gasteiger partial charge >= 0.3 is 0 Å². The third kappa shape index (κ3) is 1.80. The average Bonchev–Trinajstić information content (AvgIpc) is 2.67. The second kappa shape index (κ2) is 3.84. The van der Waals surface area contributed by atoms with Crippen LogP contribution in [0, 0.1) is 0 Å². The first-order chi connectivity index (χ1) is 6.79. The van der Waals surface area contributed by atoms with Crippen LogP contribution in [-0.2, 0) is 6.42 Å². The molecule has 0 bridgehead atoms. The molecule has 1 heterocycles. The number of benzene rings is 1. The van der Waals surface area contributed by atoms with Crippen molar-refractivity contribution in [2.45, 2.75) is 13.3 Å². The van der Waals surface area contributed by atoms with Gasteiger partial charge in [0.2, 0.25) is 0 Å². The van der Waals surface area contributed by atoms with Crippen molar-refractivity contribution in [3.63, 3.8) is 0 Å². The minimum atomic E-state index is 0.754. The van der Waals surface area contributed by atoms with Crippen LogP contribution in [0.25, 0.3) is 5.69 Å². The maximum atomic E-state index is 5.81. The molecule has 2 aromatic rings. The second-order valence-corrected chi connectivity index (χ2v) is 3.54. The Morgan fingerprint density at radius 3 is 2.57 bits per heavy atom. The van der Waals surface area contributed by atoms with E-state index in [1.165, 1.54) is 0 Å². The van der Waals surface area contributed by atoms with Gasteiger partial charge in [-0.25, -0.2) is 4.98 Å². The van der Waals surface area contributed by atoms with Gasteiger partial charge in [0.25, 0.3) is 0 Å². The highest BCUT2D eigenvalue weighted by molar-refractivity contribution is 6.30. The summed E-state index contributed by atoms with van der Waals surface area (Å²) in [5.41, 5.74) is 2.18. The number of halogens is 1. The maximum Gasteiger partial charge on any atom is 0.0995 e. The second-order valence-electron chi connectivity index (χ2n) is 3.10. The van der Waals surface area contributed by atoms with Crippen LogP contribution in [0.2, 0.25) is 5.02 Å². The first-order valence-electron chi connectivity index (χ1n) is 4.58. The zero-order valence-corrected chi connectivity index (χ0v) is 8.70. The van der Waals surface area contributed by atoms with E-state index in [2.05, 4.69) is 11.9 Å². The number of hydrogen-bond acceptors (Lipinski definition) is 1. The third-order valence-corrected chi connectivity index (χ3v) is 2.38. The number of hydrogen-bond donors (Lipinski definition) is 0. The standard InChI is InChI=1S/C11H11ClN2/c1-2-10-7-14(8-13-10)11-5-3-9(12)4-6-11/h3-8H,2H2,1H3. The summed E-state index contributed by atoms with van der Waals surface area (Å²) in [6.07, 6.45) is 4.81. The number of aryl methyl sites for hydroxylation is 1.